The lowest BCUT2D eigenvalue weighted by Gasteiger charge is -2.18. The largest absolute Gasteiger partial charge is 0.489 e. The number of rotatable bonds is 8. The Morgan fingerprint density at radius 1 is 1.04 bits per heavy atom. The lowest BCUT2D eigenvalue weighted by atomic mass is 10.2. The smallest absolute Gasteiger partial charge is 0.242 e. The maximum Gasteiger partial charge on any atom is 0.242 e. The maximum atomic E-state index is 13.5. The van der Waals surface area contributed by atoms with Crippen molar-refractivity contribution in [1.82, 2.24) is 9.21 Å². The Kier molecular flexibility index (Phi) is 6.52. The van der Waals surface area contributed by atoms with Crippen molar-refractivity contribution in [2.45, 2.75) is 11.4 Å². The van der Waals surface area contributed by atoms with E-state index in [0.29, 0.717) is 19.7 Å². The lowest BCUT2D eigenvalue weighted by Crippen LogP contribution is -2.25. The van der Waals surface area contributed by atoms with Gasteiger partial charge in [-0.05, 0) is 36.9 Å². The van der Waals surface area contributed by atoms with Crippen LogP contribution in [0.3, 0.4) is 0 Å². The van der Waals surface area contributed by atoms with Crippen molar-refractivity contribution in [3.63, 3.8) is 0 Å². The maximum absolute atomic E-state index is 13.5. The Morgan fingerprint density at radius 3 is 2.44 bits per heavy atom. The number of hydrogen-bond acceptors (Lipinski definition) is 4. The minimum atomic E-state index is -3.44. The van der Waals surface area contributed by atoms with Crippen molar-refractivity contribution in [2.75, 3.05) is 34.3 Å². The van der Waals surface area contributed by atoms with Gasteiger partial charge < -0.3 is 4.74 Å². The molecule has 0 aliphatic carbocycles. The summed E-state index contributed by atoms with van der Waals surface area (Å²) in [4.78, 5) is 2.26. The van der Waals surface area contributed by atoms with E-state index in [9.17, 15) is 12.8 Å². The number of halogens is 1. The van der Waals surface area contributed by atoms with Crippen molar-refractivity contribution in [1.29, 1.82) is 0 Å². The summed E-state index contributed by atoms with van der Waals surface area (Å²) in [6, 6.07) is 13.1. The Morgan fingerprint density at radius 2 is 1.76 bits per heavy atom. The first-order valence-corrected chi connectivity index (χ1v) is 9.32. The molecule has 7 heteroatoms. The van der Waals surface area contributed by atoms with Crippen LogP contribution in [0, 0.1) is 5.82 Å². The summed E-state index contributed by atoms with van der Waals surface area (Å²) < 4.78 is 44.5. The molecule has 0 aliphatic heterocycles. The van der Waals surface area contributed by atoms with Gasteiger partial charge in [0.25, 0.3) is 0 Å². The van der Waals surface area contributed by atoms with E-state index < -0.39 is 10.0 Å². The van der Waals surface area contributed by atoms with E-state index in [-0.39, 0.29) is 16.5 Å². The average molecular weight is 366 g/mol. The number of benzene rings is 2. The lowest BCUT2D eigenvalue weighted by molar-refractivity contribution is 0.226. The average Bonchev–Trinajstić information content (AvgIpc) is 2.56. The van der Waals surface area contributed by atoms with Gasteiger partial charge in [-0.1, -0.05) is 24.3 Å². The third-order valence-corrected chi connectivity index (χ3v) is 5.51. The monoisotopic (exact) mass is 366 g/mol. The number of nitrogens with zero attached hydrogens (tertiary/aromatic N) is 2. The highest BCUT2D eigenvalue weighted by Gasteiger charge is 2.17. The predicted octanol–water partition coefficient (Wildman–Crippen LogP) is 2.59. The molecular weight excluding hydrogens is 343 g/mol. The molecule has 0 aromatic heterocycles. The predicted molar refractivity (Wildman–Crippen MR) is 95.5 cm³/mol. The molecular formula is C18H23FN2O3S. The standard InChI is InChI=1S/C18H23FN2O3S/c1-20(2)25(22,23)16-8-6-7-15(13-16)14-21(3)11-12-24-18-10-5-4-9-17(18)19/h4-10,13H,11-12,14H2,1-3H3. The van der Waals surface area contributed by atoms with E-state index in [2.05, 4.69) is 0 Å². The van der Waals surface area contributed by atoms with Gasteiger partial charge in [-0.2, -0.15) is 0 Å². The molecule has 0 radical (unpaired) electrons. The van der Waals surface area contributed by atoms with Gasteiger partial charge in [0.15, 0.2) is 11.6 Å². The number of ether oxygens (including phenoxy) is 1. The van der Waals surface area contributed by atoms with Crippen LogP contribution in [0.4, 0.5) is 4.39 Å². The quantitative estimate of drug-likeness (QED) is 0.721. The van der Waals surface area contributed by atoms with Crippen molar-refractivity contribution in [3.8, 4) is 5.75 Å². The fraction of sp³-hybridized carbons (Fsp3) is 0.333. The number of likely N-dealkylation sites (N-methyl/N-ethyl adjacent to an activating group) is 1. The van der Waals surface area contributed by atoms with Crippen LogP contribution >= 0.6 is 0 Å². The molecule has 0 saturated carbocycles. The van der Waals surface area contributed by atoms with Crippen LogP contribution in [0.15, 0.2) is 53.4 Å². The number of sulfonamides is 1. The molecule has 5 nitrogen and oxygen atoms in total. The van der Waals surface area contributed by atoms with Crippen LogP contribution in [0.2, 0.25) is 0 Å². The fourth-order valence-electron chi connectivity index (χ4n) is 2.28. The number of hydrogen-bond donors (Lipinski definition) is 0. The fourth-order valence-corrected chi connectivity index (χ4v) is 3.25. The second-order valence-corrected chi connectivity index (χ2v) is 8.10. The van der Waals surface area contributed by atoms with Crippen molar-refractivity contribution >= 4 is 10.0 Å². The summed E-state index contributed by atoms with van der Waals surface area (Å²) in [5, 5.41) is 0. The number of para-hydroxylation sites is 1. The normalized spacial score (nSPS) is 11.9. The molecule has 0 bridgehead atoms. The van der Waals surface area contributed by atoms with Crippen LogP contribution in [0.25, 0.3) is 0 Å². The molecule has 0 saturated heterocycles. The Hall–Kier alpha value is -1.96. The first-order chi connectivity index (χ1) is 11.8. The zero-order chi connectivity index (χ0) is 18.4. The van der Waals surface area contributed by atoms with E-state index in [4.69, 9.17) is 4.74 Å². The van der Waals surface area contributed by atoms with Crippen molar-refractivity contribution in [2.24, 2.45) is 0 Å². The Labute approximate surface area is 148 Å². The summed E-state index contributed by atoms with van der Waals surface area (Å²) in [5.74, 6) is -0.151. The molecule has 2 rings (SSSR count). The third-order valence-electron chi connectivity index (χ3n) is 3.70. The summed E-state index contributed by atoms with van der Waals surface area (Å²) in [7, 11) is 1.47. The highest BCUT2D eigenvalue weighted by atomic mass is 32.2. The third kappa shape index (κ3) is 5.26. The van der Waals surface area contributed by atoms with E-state index >= 15 is 0 Å². The second-order valence-electron chi connectivity index (χ2n) is 5.95. The van der Waals surface area contributed by atoms with Crippen molar-refractivity contribution < 1.29 is 17.5 Å². The second kappa shape index (κ2) is 8.42. The molecule has 0 spiro atoms. The van der Waals surface area contributed by atoms with Gasteiger partial charge in [0.05, 0.1) is 4.90 Å². The SMILES string of the molecule is CN(CCOc1ccccc1F)Cc1cccc(S(=O)(=O)N(C)C)c1. The Balaban J connectivity index is 1.93. The van der Waals surface area contributed by atoms with Gasteiger partial charge in [-0.25, -0.2) is 17.1 Å². The van der Waals surface area contributed by atoms with Gasteiger partial charge in [0.1, 0.15) is 6.61 Å². The first-order valence-electron chi connectivity index (χ1n) is 7.88. The molecule has 25 heavy (non-hydrogen) atoms. The van der Waals surface area contributed by atoms with Gasteiger partial charge in [0.2, 0.25) is 10.0 Å². The van der Waals surface area contributed by atoms with Gasteiger partial charge in [-0.15, -0.1) is 0 Å². The molecule has 2 aromatic carbocycles. The molecule has 0 aliphatic rings. The zero-order valence-corrected chi connectivity index (χ0v) is 15.5. The van der Waals surface area contributed by atoms with Gasteiger partial charge in [0, 0.05) is 27.2 Å². The molecule has 2 aromatic rings. The summed E-state index contributed by atoms with van der Waals surface area (Å²) >= 11 is 0. The highest BCUT2D eigenvalue weighted by molar-refractivity contribution is 7.89. The molecule has 0 unspecified atom stereocenters. The molecule has 0 N–H and O–H groups in total. The van der Waals surface area contributed by atoms with Crippen LogP contribution < -0.4 is 4.74 Å². The summed E-state index contributed by atoms with van der Waals surface area (Å²) in [5.41, 5.74) is 0.885. The topological polar surface area (TPSA) is 49.9 Å². The van der Waals surface area contributed by atoms with Crippen LogP contribution in [0.5, 0.6) is 5.75 Å². The molecule has 0 atom stereocenters. The summed E-state index contributed by atoms with van der Waals surface area (Å²) in [6.45, 7) is 1.49. The molecule has 0 amide bonds. The molecule has 0 fully saturated rings. The highest BCUT2D eigenvalue weighted by Crippen LogP contribution is 2.17. The van der Waals surface area contributed by atoms with Gasteiger partial charge in [-0.3, -0.25) is 4.90 Å². The van der Waals surface area contributed by atoms with E-state index in [1.807, 2.05) is 18.0 Å². The summed E-state index contributed by atoms with van der Waals surface area (Å²) in [6.07, 6.45) is 0. The van der Waals surface area contributed by atoms with E-state index in [1.165, 1.54) is 24.5 Å². The van der Waals surface area contributed by atoms with E-state index in [0.717, 1.165) is 5.56 Å². The van der Waals surface area contributed by atoms with Crippen LogP contribution in [-0.2, 0) is 16.6 Å². The van der Waals surface area contributed by atoms with Crippen LogP contribution in [-0.4, -0.2) is 51.9 Å². The van der Waals surface area contributed by atoms with Gasteiger partial charge >= 0.3 is 0 Å². The zero-order valence-electron chi connectivity index (χ0n) is 14.6. The minimum absolute atomic E-state index is 0.231. The van der Waals surface area contributed by atoms with Crippen LogP contribution in [0.1, 0.15) is 5.56 Å². The molecule has 136 valence electrons. The van der Waals surface area contributed by atoms with Crippen molar-refractivity contribution in [3.05, 3.63) is 59.9 Å². The Bertz CT molecular complexity index is 809. The minimum Gasteiger partial charge on any atom is -0.489 e. The van der Waals surface area contributed by atoms with E-state index in [1.54, 1.807) is 36.4 Å². The molecule has 0 heterocycles. The first kappa shape index (κ1) is 19.4.